The molecule has 0 radical (unpaired) electrons. The zero-order valence-corrected chi connectivity index (χ0v) is 9.64. The Labute approximate surface area is 94.8 Å². The fraction of sp³-hybridized carbons (Fsp3) is 0.818. The standard InChI is InChI=1S/C11H18N2O3/c1-6(2)3-8-11(16)13-5-7(14)4-9(13)10(15)12-8/h6-9,14H,3-5H2,1-2H3,(H,12,15). The molecular weight excluding hydrogens is 208 g/mol. The minimum Gasteiger partial charge on any atom is -0.391 e. The van der Waals surface area contributed by atoms with E-state index in [9.17, 15) is 14.7 Å². The molecule has 2 rings (SSSR count). The molecule has 2 aliphatic rings. The number of aliphatic hydroxyl groups is 1. The Balaban J connectivity index is 2.12. The summed E-state index contributed by atoms with van der Waals surface area (Å²) in [6, 6.07) is -0.861. The number of amides is 2. The zero-order chi connectivity index (χ0) is 11.9. The largest absolute Gasteiger partial charge is 0.391 e. The van der Waals surface area contributed by atoms with Gasteiger partial charge in [-0.3, -0.25) is 9.59 Å². The lowest BCUT2D eigenvalue weighted by Gasteiger charge is -2.35. The molecule has 0 spiro atoms. The number of hydrogen-bond acceptors (Lipinski definition) is 3. The van der Waals surface area contributed by atoms with E-state index in [4.69, 9.17) is 0 Å². The molecule has 16 heavy (non-hydrogen) atoms. The lowest BCUT2D eigenvalue weighted by molar-refractivity contribution is -0.147. The van der Waals surface area contributed by atoms with Crippen molar-refractivity contribution in [2.75, 3.05) is 6.54 Å². The van der Waals surface area contributed by atoms with Crippen LogP contribution < -0.4 is 5.32 Å². The van der Waals surface area contributed by atoms with Gasteiger partial charge in [0.2, 0.25) is 11.8 Å². The van der Waals surface area contributed by atoms with Crippen molar-refractivity contribution in [2.24, 2.45) is 5.92 Å². The number of hydrogen-bond donors (Lipinski definition) is 2. The molecule has 0 aromatic rings. The summed E-state index contributed by atoms with van der Waals surface area (Å²) in [4.78, 5) is 25.3. The normalized spacial score (nSPS) is 34.2. The lowest BCUT2D eigenvalue weighted by atomic mass is 9.99. The number of nitrogens with zero attached hydrogens (tertiary/aromatic N) is 1. The first-order valence-electron chi connectivity index (χ1n) is 5.78. The van der Waals surface area contributed by atoms with Crippen molar-refractivity contribution in [2.45, 2.75) is 44.9 Å². The minimum atomic E-state index is -0.558. The Morgan fingerprint density at radius 3 is 2.81 bits per heavy atom. The van der Waals surface area contributed by atoms with Gasteiger partial charge in [0.25, 0.3) is 0 Å². The first kappa shape index (κ1) is 11.4. The van der Waals surface area contributed by atoms with E-state index in [1.807, 2.05) is 13.8 Å². The summed E-state index contributed by atoms with van der Waals surface area (Å²) in [5.74, 6) is 0.190. The minimum absolute atomic E-state index is 0.0464. The second-order valence-electron chi connectivity index (χ2n) is 5.09. The summed E-state index contributed by atoms with van der Waals surface area (Å²) in [6.07, 6.45) is 0.466. The van der Waals surface area contributed by atoms with E-state index < -0.39 is 18.2 Å². The first-order valence-corrected chi connectivity index (χ1v) is 5.78. The van der Waals surface area contributed by atoms with Crippen molar-refractivity contribution in [1.29, 1.82) is 0 Å². The van der Waals surface area contributed by atoms with Crippen LogP contribution in [-0.4, -0.2) is 46.6 Å². The molecule has 0 aromatic carbocycles. The van der Waals surface area contributed by atoms with Crippen LogP contribution in [0.1, 0.15) is 26.7 Å². The van der Waals surface area contributed by atoms with E-state index in [0.29, 0.717) is 25.3 Å². The van der Waals surface area contributed by atoms with Crippen molar-refractivity contribution in [3.63, 3.8) is 0 Å². The van der Waals surface area contributed by atoms with Crippen LogP contribution in [0.5, 0.6) is 0 Å². The number of carbonyl (C=O) groups excluding carboxylic acids is 2. The molecule has 90 valence electrons. The van der Waals surface area contributed by atoms with Crippen molar-refractivity contribution in [1.82, 2.24) is 10.2 Å². The van der Waals surface area contributed by atoms with Crippen molar-refractivity contribution < 1.29 is 14.7 Å². The topological polar surface area (TPSA) is 69.6 Å². The van der Waals surface area contributed by atoms with Gasteiger partial charge in [0.15, 0.2) is 0 Å². The number of rotatable bonds is 2. The average Bonchev–Trinajstić information content (AvgIpc) is 2.56. The highest BCUT2D eigenvalue weighted by Crippen LogP contribution is 2.24. The number of fused-ring (bicyclic) bond motifs is 1. The van der Waals surface area contributed by atoms with Crippen molar-refractivity contribution in [3.8, 4) is 0 Å². The van der Waals surface area contributed by atoms with Gasteiger partial charge >= 0.3 is 0 Å². The van der Waals surface area contributed by atoms with Crippen LogP contribution in [0.2, 0.25) is 0 Å². The van der Waals surface area contributed by atoms with Crippen LogP contribution in [0.4, 0.5) is 0 Å². The maximum Gasteiger partial charge on any atom is 0.245 e. The van der Waals surface area contributed by atoms with Crippen LogP contribution >= 0.6 is 0 Å². The molecule has 0 bridgehead atoms. The fourth-order valence-electron chi connectivity index (χ4n) is 2.47. The summed E-state index contributed by atoms with van der Waals surface area (Å²) in [6.45, 7) is 4.33. The quantitative estimate of drug-likeness (QED) is 0.666. The second kappa shape index (κ2) is 4.05. The monoisotopic (exact) mass is 226 g/mol. The molecular formula is C11H18N2O3. The van der Waals surface area contributed by atoms with Gasteiger partial charge in [-0.2, -0.15) is 0 Å². The third-order valence-electron chi connectivity index (χ3n) is 3.19. The van der Waals surface area contributed by atoms with Gasteiger partial charge in [-0.1, -0.05) is 13.8 Å². The molecule has 0 saturated carbocycles. The molecule has 2 amide bonds. The zero-order valence-electron chi connectivity index (χ0n) is 9.64. The third-order valence-corrected chi connectivity index (χ3v) is 3.19. The summed E-state index contributed by atoms with van der Waals surface area (Å²) in [5.41, 5.74) is 0. The predicted molar refractivity (Wildman–Crippen MR) is 57.5 cm³/mol. The smallest absolute Gasteiger partial charge is 0.245 e. The first-order chi connectivity index (χ1) is 7.49. The fourth-order valence-corrected chi connectivity index (χ4v) is 2.47. The van der Waals surface area contributed by atoms with Gasteiger partial charge in [0.1, 0.15) is 12.1 Å². The highest BCUT2D eigenvalue weighted by atomic mass is 16.3. The van der Waals surface area contributed by atoms with Crippen LogP contribution in [0.25, 0.3) is 0 Å². The van der Waals surface area contributed by atoms with Crippen molar-refractivity contribution >= 4 is 11.8 Å². The number of carbonyl (C=O) groups is 2. The number of nitrogens with one attached hydrogen (secondary N) is 1. The van der Waals surface area contributed by atoms with Crippen LogP contribution in [0.3, 0.4) is 0 Å². The molecule has 3 atom stereocenters. The highest BCUT2D eigenvalue weighted by Gasteiger charge is 2.45. The van der Waals surface area contributed by atoms with Gasteiger partial charge < -0.3 is 15.3 Å². The summed E-state index contributed by atoms with van der Waals surface area (Å²) in [7, 11) is 0. The molecule has 2 heterocycles. The van der Waals surface area contributed by atoms with E-state index in [-0.39, 0.29) is 11.8 Å². The van der Waals surface area contributed by atoms with Gasteiger partial charge in [-0.25, -0.2) is 0 Å². The Morgan fingerprint density at radius 1 is 1.50 bits per heavy atom. The number of piperazine rings is 1. The SMILES string of the molecule is CC(C)CC1NC(=O)C2CC(O)CN2C1=O. The van der Waals surface area contributed by atoms with E-state index in [1.165, 1.54) is 4.90 Å². The molecule has 3 unspecified atom stereocenters. The van der Waals surface area contributed by atoms with E-state index in [1.54, 1.807) is 0 Å². The maximum atomic E-state index is 12.0. The third kappa shape index (κ3) is 1.91. The maximum absolute atomic E-state index is 12.0. The van der Waals surface area contributed by atoms with Crippen LogP contribution in [0, 0.1) is 5.92 Å². The average molecular weight is 226 g/mol. The molecule has 2 aliphatic heterocycles. The van der Waals surface area contributed by atoms with E-state index in [0.717, 1.165) is 0 Å². The second-order valence-corrected chi connectivity index (χ2v) is 5.09. The van der Waals surface area contributed by atoms with Crippen LogP contribution in [0.15, 0.2) is 0 Å². The van der Waals surface area contributed by atoms with Gasteiger partial charge in [-0.05, 0) is 12.3 Å². The Morgan fingerprint density at radius 2 is 2.19 bits per heavy atom. The molecule has 5 heteroatoms. The predicted octanol–water partition coefficient (Wildman–Crippen LogP) is -0.507. The lowest BCUT2D eigenvalue weighted by Crippen LogP contribution is -2.61. The summed E-state index contributed by atoms with van der Waals surface area (Å²) >= 11 is 0. The Hall–Kier alpha value is -1.10. The Kier molecular flexibility index (Phi) is 2.88. The van der Waals surface area contributed by atoms with E-state index in [2.05, 4.69) is 5.32 Å². The molecule has 2 fully saturated rings. The molecule has 5 nitrogen and oxygen atoms in total. The molecule has 2 N–H and O–H groups in total. The summed E-state index contributed by atoms with van der Waals surface area (Å²) in [5, 5.41) is 12.2. The molecule has 2 saturated heterocycles. The highest BCUT2D eigenvalue weighted by molar-refractivity contribution is 5.97. The number of aliphatic hydroxyl groups excluding tert-OH is 1. The van der Waals surface area contributed by atoms with Gasteiger partial charge in [-0.15, -0.1) is 0 Å². The molecule has 0 aromatic heterocycles. The van der Waals surface area contributed by atoms with Gasteiger partial charge in [0.05, 0.1) is 6.10 Å². The Bertz CT molecular complexity index is 316. The molecule has 0 aliphatic carbocycles. The summed E-state index contributed by atoms with van der Waals surface area (Å²) < 4.78 is 0. The van der Waals surface area contributed by atoms with Gasteiger partial charge in [0, 0.05) is 13.0 Å². The van der Waals surface area contributed by atoms with E-state index >= 15 is 0 Å². The van der Waals surface area contributed by atoms with Crippen LogP contribution in [-0.2, 0) is 9.59 Å². The van der Waals surface area contributed by atoms with Crippen molar-refractivity contribution in [3.05, 3.63) is 0 Å².